The van der Waals surface area contributed by atoms with Crippen LogP contribution in [0.15, 0.2) is 83.2 Å². The van der Waals surface area contributed by atoms with Gasteiger partial charge < -0.3 is 19.1 Å². The van der Waals surface area contributed by atoms with Gasteiger partial charge in [0.05, 0.1) is 43.0 Å². The summed E-state index contributed by atoms with van der Waals surface area (Å²) in [5, 5.41) is 4.63. The molecular formula is C32H29F3N4O5. The molecule has 9 nitrogen and oxygen atoms in total. The number of carbonyl (C=O) groups excluding carboxylic acids is 1. The van der Waals surface area contributed by atoms with Crippen LogP contribution in [0.1, 0.15) is 16.7 Å². The molecule has 1 aliphatic heterocycles. The van der Waals surface area contributed by atoms with Gasteiger partial charge in [0, 0.05) is 24.2 Å². The topological polar surface area (TPSA) is 95.2 Å². The van der Waals surface area contributed by atoms with Crippen molar-refractivity contribution in [2.45, 2.75) is 12.6 Å². The van der Waals surface area contributed by atoms with Crippen molar-refractivity contribution in [3.8, 4) is 22.9 Å². The minimum absolute atomic E-state index is 0.0593. The fourth-order valence-electron chi connectivity index (χ4n) is 4.80. The molecule has 1 saturated heterocycles. The van der Waals surface area contributed by atoms with Crippen LogP contribution in [0.25, 0.3) is 22.3 Å². The van der Waals surface area contributed by atoms with Crippen molar-refractivity contribution in [2.75, 3.05) is 40.0 Å². The van der Waals surface area contributed by atoms with Gasteiger partial charge in [-0.15, -0.1) is 6.58 Å². The minimum Gasteiger partial charge on any atom is -0.493 e. The summed E-state index contributed by atoms with van der Waals surface area (Å²) in [5.41, 5.74) is 0.102. The Morgan fingerprint density at radius 1 is 1.11 bits per heavy atom. The van der Waals surface area contributed by atoms with Crippen molar-refractivity contribution in [3.63, 3.8) is 0 Å². The number of methoxy groups -OCH3 is 1. The number of hydrogen-bond donors (Lipinski definition) is 0. The molecular weight excluding hydrogens is 577 g/mol. The first-order chi connectivity index (χ1) is 21.2. The van der Waals surface area contributed by atoms with Gasteiger partial charge in [0.1, 0.15) is 0 Å². The first kappa shape index (κ1) is 30.5. The van der Waals surface area contributed by atoms with Gasteiger partial charge >= 0.3 is 6.18 Å². The second-order valence-electron chi connectivity index (χ2n) is 9.88. The summed E-state index contributed by atoms with van der Waals surface area (Å²) in [6.07, 6.45) is -1.18. The number of amides is 1. The Morgan fingerprint density at radius 3 is 2.61 bits per heavy atom. The van der Waals surface area contributed by atoms with Gasteiger partial charge in [-0.3, -0.25) is 9.59 Å². The highest BCUT2D eigenvalue weighted by Gasteiger charge is 2.31. The molecule has 0 atom stereocenters. The smallest absolute Gasteiger partial charge is 0.416 e. The molecule has 3 aromatic carbocycles. The standard InChI is InChI=1S/C32H29F3N4O5/c1-3-7-22-16-21(17-27(42-2)29(22)44-20-28(40)38-12-14-43-15-13-38)19-36-39-30(23-8-6-9-24(18-23)32(33,34)35)37-26-11-5-4-10-25(26)31(39)41/h3-6,8-11,16-19H,1,7,12-15,20H2,2H3. The summed E-state index contributed by atoms with van der Waals surface area (Å²) < 4.78 is 58.3. The lowest BCUT2D eigenvalue weighted by Gasteiger charge is -2.27. The zero-order valence-corrected chi connectivity index (χ0v) is 23.8. The molecule has 0 aliphatic carbocycles. The number of allylic oxidation sites excluding steroid dienone is 1. The van der Waals surface area contributed by atoms with E-state index in [2.05, 4.69) is 16.7 Å². The third-order valence-electron chi connectivity index (χ3n) is 6.97. The molecule has 1 amide bonds. The number of aromatic nitrogens is 2. The molecule has 4 aromatic rings. The highest BCUT2D eigenvalue weighted by molar-refractivity contribution is 5.83. The number of benzene rings is 3. The van der Waals surface area contributed by atoms with Crippen molar-refractivity contribution < 1.29 is 32.2 Å². The van der Waals surface area contributed by atoms with Crippen LogP contribution in [0.2, 0.25) is 0 Å². The molecule has 44 heavy (non-hydrogen) atoms. The average Bonchev–Trinajstić information content (AvgIpc) is 3.03. The van der Waals surface area contributed by atoms with E-state index in [0.717, 1.165) is 16.8 Å². The largest absolute Gasteiger partial charge is 0.493 e. The maximum Gasteiger partial charge on any atom is 0.416 e. The van der Waals surface area contributed by atoms with E-state index in [0.29, 0.717) is 60.9 Å². The molecule has 0 spiro atoms. The molecule has 0 radical (unpaired) electrons. The van der Waals surface area contributed by atoms with Crippen molar-refractivity contribution in [3.05, 3.63) is 100 Å². The number of carbonyl (C=O) groups is 1. The molecule has 0 N–H and O–H groups in total. The predicted octanol–water partition coefficient (Wildman–Crippen LogP) is 4.94. The van der Waals surface area contributed by atoms with Crippen molar-refractivity contribution in [1.29, 1.82) is 0 Å². The van der Waals surface area contributed by atoms with E-state index in [1.807, 2.05) is 0 Å². The molecule has 0 saturated carbocycles. The van der Waals surface area contributed by atoms with Gasteiger partial charge in [0.15, 0.2) is 23.9 Å². The first-order valence-electron chi connectivity index (χ1n) is 13.7. The molecule has 2 heterocycles. The maximum atomic E-state index is 13.5. The number of fused-ring (bicyclic) bond motifs is 1. The lowest BCUT2D eigenvalue weighted by molar-refractivity contribution is -0.138. The molecule has 1 aliphatic rings. The van der Waals surface area contributed by atoms with Crippen molar-refractivity contribution >= 4 is 23.0 Å². The van der Waals surface area contributed by atoms with E-state index < -0.39 is 17.3 Å². The van der Waals surface area contributed by atoms with E-state index in [9.17, 15) is 22.8 Å². The van der Waals surface area contributed by atoms with Crippen LogP contribution >= 0.6 is 0 Å². The molecule has 228 valence electrons. The Bertz CT molecular complexity index is 1780. The minimum atomic E-state index is -4.59. The quantitative estimate of drug-likeness (QED) is 0.198. The van der Waals surface area contributed by atoms with Gasteiger partial charge in [-0.05, 0) is 48.4 Å². The van der Waals surface area contributed by atoms with Gasteiger partial charge in [0.2, 0.25) is 0 Å². The van der Waals surface area contributed by atoms with Crippen LogP contribution in [0, 0.1) is 0 Å². The van der Waals surface area contributed by atoms with Crippen LogP contribution in [0.4, 0.5) is 13.2 Å². The van der Waals surface area contributed by atoms with E-state index in [1.54, 1.807) is 47.4 Å². The van der Waals surface area contributed by atoms with Gasteiger partial charge in [0.25, 0.3) is 11.5 Å². The molecule has 0 unspecified atom stereocenters. The van der Waals surface area contributed by atoms with Crippen LogP contribution in [0.5, 0.6) is 11.5 Å². The molecule has 1 fully saturated rings. The lowest BCUT2D eigenvalue weighted by Crippen LogP contribution is -2.43. The SMILES string of the molecule is C=CCc1cc(C=Nn2c(-c3cccc(C(F)(F)F)c3)nc3ccccc3c2=O)cc(OC)c1OCC(=O)N1CCOCC1. The maximum absolute atomic E-state index is 13.5. The summed E-state index contributed by atoms with van der Waals surface area (Å²) in [6, 6.07) is 14.5. The summed E-state index contributed by atoms with van der Waals surface area (Å²) >= 11 is 0. The number of alkyl halides is 3. The molecule has 5 rings (SSSR count). The lowest BCUT2D eigenvalue weighted by atomic mass is 10.1. The molecule has 0 bridgehead atoms. The predicted molar refractivity (Wildman–Crippen MR) is 159 cm³/mol. The summed E-state index contributed by atoms with van der Waals surface area (Å²) in [6.45, 7) is 5.51. The second-order valence-corrected chi connectivity index (χ2v) is 9.88. The van der Waals surface area contributed by atoms with Crippen LogP contribution in [-0.2, 0) is 22.1 Å². The Kier molecular flexibility index (Phi) is 9.09. The molecule has 1 aromatic heterocycles. The number of rotatable bonds is 9. The number of hydrogen-bond acceptors (Lipinski definition) is 7. The summed E-state index contributed by atoms with van der Waals surface area (Å²) in [5.74, 6) is 0.440. The van der Waals surface area contributed by atoms with E-state index in [4.69, 9.17) is 14.2 Å². The number of para-hydroxylation sites is 1. The van der Waals surface area contributed by atoms with Crippen molar-refractivity contribution in [1.82, 2.24) is 14.6 Å². The van der Waals surface area contributed by atoms with Crippen LogP contribution < -0.4 is 15.0 Å². The van der Waals surface area contributed by atoms with E-state index >= 15 is 0 Å². The Balaban J connectivity index is 1.54. The zero-order valence-electron chi connectivity index (χ0n) is 23.8. The normalized spacial score (nSPS) is 13.8. The number of halogens is 3. The average molecular weight is 607 g/mol. The van der Waals surface area contributed by atoms with Crippen LogP contribution in [0.3, 0.4) is 0 Å². The second kappa shape index (κ2) is 13.1. The van der Waals surface area contributed by atoms with Crippen molar-refractivity contribution in [2.24, 2.45) is 5.10 Å². The fourth-order valence-corrected chi connectivity index (χ4v) is 4.80. The third-order valence-corrected chi connectivity index (χ3v) is 6.97. The van der Waals surface area contributed by atoms with Gasteiger partial charge in [-0.25, -0.2) is 4.98 Å². The van der Waals surface area contributed by atoms with Crippen LogP contribution in [-0.4, -0.2) is 66.7 Å². The van der Waals surface area contributed by atoms with Gasteiger partial charge in [-0.2, -0.15) is 22.9 Å². The first-order valence-corrected chi connectivity index (χ1v) is 13.7. The number of ether oxygens (including phenoxy) is 3. The highest BCUT2D eigenvalue weighted by atomic mass is 19.4. The third kappa shape index (κ3) is 6.65. The fraction of sp³-hybridized carbons (Fsp3) is 0.250. The number of morpholine rings is 1. The summed E-state index contributed by atoms with van der Waals surface area (Å²) in [4.78, 5) is 32.4. The van der Waals surface area contributed by atoms with Gasteiger partial charge in [-0.1, -0.05) is 30.3 Å². The Labute approximate surface area is 250 Å². The van der Waals surface area contributed by atoms with E-state index in [-0.39, 0.29) is 29.3 Å². The van der Waals surface area contributed by atoms with E-state index in [1.165, 1.54) is 25.5 Å². The monoisotopic (exact) mass is 606 g/mol. The highest BCUT2D eigenvalue weighted by Crippen LogP contribution is 2.34. The molecule has 12 heteroatoms. The zero-order chi connectivity index (χ0) is 31.3. The number of nitrogens with zero attached hydrogens (tertiary/aromatic N) is 4. The Hall–Kier alpha value is -4.97. The summed E-state index contributed by atoms with van der Waals surface area (Å²) in [7, 11) is 1.45. The Morgan fingerprint density at radius 2 is 1.89 bits per heavy atom.